The number of benzene rings is 2. The second kappa shape index (κ2) is 6.86. The summed E-state index contributed by atoms with van der Waals surface area (Å²) < 4.78 is 5.41. The molecule has 0 saturated carbocycles. The van der Waals surface area contributed by atoms with Crippen molar-refractivity contribution in [1.29, 1.82) is 0 Å². The van der Waals surface area contributed by atoms with Gasteiger partial charge in [-0.05, 0) is 31.2 Å². The lowest BCUT2D eigenvalue weighted by Gasteiger charge is -2.33. The first-order valence-electron chi connectivity index (χ1n) is 11.3. The van der Waals surface area contributed by atoms with Gasteiger partial charge in [-0.25, -0.2) is 4.90 Å². The number of hydrogen-bond acceptors (Lipinski definition) is 6. The van der Waals surface area contributed by atoms with Crippen molar-refractivity contribution in [2.24, 2.45) is 11.8 Å². The Morgan fingerprint density at radius 2 is 1.97 bits per heavy atom. The van der Waals surface area contributed by atoms with E-state index < -0.39 is 34.1 Å². The Labute approximate surface area is 194 Å². The maximum absolute atomic E-state index is 14.0. The van der Waals surface area contributed by atoms with Crippen LogP contribution in [0.15, 0.2) is 36.4 Å². The number of anilines is 2. The first-order valence-corrected chi connectivity index (χ1v) is 11.3. The van der Waals surface area contributed by atoms with Gasteiger partial charge in [0, 0.05) is 24.5 Å². The molecule has 3 fully saturated rings. The summed E-state index contributed by atoms with van der Waals surface area (Å²) in [6.45, 7) is 2.28. The van der Waals surface area contributed by atoms with Crippen molar-refractivity contribution >= 4 is 34.8 Å². The highest BCUT2D eigenvalue weighted by Gasteiger charge is 2.78. The Balaban J connectivity index is 1.53. The average Bonchev–Trinajstić information content (AvgIpc) is 3.52. The second-order valence-corrected chi connectivity index (χ2v) is 9.44. The molecule has 2 aromatic carbocycles. The number of fused-ring (bicyclic) bond motifs is 7. The van der Waals surface area contributed by atoms with E-state index in [9.17, 15) is 24.5 Å². The fraction of sp³-hybridized carbons (Fsp3) is 0.375. The van der Waals surface area contributed by atoms with Crippen LogP contribution in [0.3, 0.4) is 0 Å². The molecule has 2 N–H and O–H groups in total. The number of rotatable bonds is 3. The molecule has 1 unspecified atom stereocenters. The van der Waals surface area contributed by atoms with Gasteiger partial charge in [-0.2, -0.15) is 0 Å². The SMILES string of the molecule is COc1ccc2c(c1)[C@]1(C(=O)N2)[C@@H]2C(=O)N(c3ccc(C)c([N+](=O)[O-])c3)C(=O)[C@H]2[C@H]2CCC[NH+]21. The van der Waals surface area contributed by atoms with E-state index in [1.807, 2.05) is 0 Å². The lowest BCUT2D eigenvalue weighted by molar-refractivity contribution is -0.948. The molecule has 1 spiro atoms. The highest BCUT2D eigenvalue weighted by atomic mass is 16.6. The summed E-state index contributed by atoms with van der Waals surface area (Å²) in [5.74, 6) is -2.17. The quantitative estimate of drug-likeness (QED) is 0.397. The molecule has 3 saturated heterocycles. The van der Waals surface area contributed by atoms with Gasteiger partial charge < -0.3 is 15.0 Å². The Morgan fingerprint density at radius 3 is 2.71 bits per heavy atom. The molecule has 6 rings (SSSR count). The fourth-order valence-electron chi connectivity index (χ4n) is 6.75. The average molecular weight is 463 g/mol. The van der Waals surface area contributed by atoms with Gasteiger partial charge in [0.2, 0.25) is 17.4 Å². The van der Waals surface area contributed by atoms with Gasteiger partial charge in [0.15, 0.2) is 0 Å². The zero-order valence-electron chi connectivity index (χ0n) is 18.7. The number of quaternary nitrogens is 1. The summed E-state index contributed by atoms with van der Waals surface area (Å²) in [5.41, 5.74) is 0.492. The van der Waals surface area contributed by atoms with Crippen LogP contribution in [0, 0.1) is 28.9 Å². The second-order valence-electron chi connectivity index (χ2n) is 9.44. The van der Waals surface area contributed by atoms with Crippen LogP contribution < -0.4 is 19.9 Å². The monoisotopic (exact) mass is 463 g/mol. The van der Waals surface area contributed by atoms with Crippen LogP contribution in [-0.4, -0.2) is 42.3 Å². The normalized spacial score (nSPS) is 31.0. The molecular formula is C24H23N4O6+. The molecule has 3 amide bonds. The first-order chi connectivity index (χ1) is 16.3. The molecule has 4 aliphatic heterocycles. The van der Waals surface area contributed by atoms with Crippen LogP contribution in [0.4, 0.5) is 17.1 Å². The number of nitrogens with one attached hydrogen (secondary N) is 2. The highest BCUT2D eigenvalue weighted by molar-refractivity contribution is 6.25. The number of hydrogen-bond donors (Lipinski definition) is 2. The number of carbonyl (C=O) groups is 3. The predicted molar refractivity (Wildman–Crippen MR) is 119 cm³/mol. The van der Waals surface area contributed by atoms with Gasteiger partial charge in [-0.3, -0.25) is 24.5 Å². The minimum absolute atomic E-state index is 0.160. The Bertz CT molecular complexity index is 1310. The number of ether oxygens (including phenoxy) is 1. The molecule has 4 aliphatic rings. The van der Waals surface area contributed by atoms with Crippen LogP contribution in [-0.2, 0) is 19.9 Å². The van der Waals surface area contributed by atoms with Gasteiger partial charge in [-0.15, -0.1) is 0 Å². The smallest absolute Gasteiger partial charge is 0.291 e. The number of carbonyl (C=O) groups excluding carboxylic acids is 3. The predicted octanol–water partition coefficient (Wildman–Crippen LogP) is 0.926. The van der Waals surface area contributed by atoms with Crippen molar-refractivity contribution in [3.8, 4) is 5.75 Å². The number of methoxy groups -OCH3 is 1. The Morgan fingerprint density at radius 1 is 1.18 bits per heavy atom. The van der Waals surface area contributed by atoms with E-state index in [2.05, 4.69) is 5.32 Å². The van der Waals surface area contributed by atoms with Crippen LogP contribution >= 0.6 is 0 Å². The van der Waals surface area contributed by atoms with Crippen molar-refractivity contribution in [2.75, 3.05) is 23.9 Å². The topological polar surface area (TPSA) is 123 Å². The zero-order chi connectivity index (χ0) is 23.9. The third kappa shape index (κ3) is 2.35. The van der Waals surface area contributed by atoms with Gasteiger partial charge >= 0.3 is 0 Å². The van der Waals surface area contributed by atoms with E-state index >= 15 is 0 Å². The van der Waals surface area contributed by atoms with Gasteiger partial charge in [0.25, 0.3) is 11.6 Å². The third-order valence-corrected chi connectivity index (χ3v) is 8.07. The number of amides is 3. The minimum Gasteiger partial charge on any atom is -0.497 e. The molecule has 5 atom stereocenters. The Hall–Kier alpha value is -3.79. The van der Waals surface area contributed by atoms with E-state index in [1.54, 1.807) is 31.2 Å². The number of nitro groups is 1. The molecule has 0 aliphatic carbocycles. The lowest BCUT2D eigenvalue weighted by atomic mass is 9.75. The van der Waals surface area contributed by atoms with Gasteiger partial charge in [0.05, 0.1) is 35.5 Å². The molecule has 34 heavy (non-hydrogen) atoms. The van der Waals surface area contributed by atoms with Crippen LogP contribution in [0.2, 0.25) is 0 Å². The van der Waals surface area contributed by atoms with E-state index in [0.29, 0.717) is 29.1 Å². The first kappa shape index (κ1) is 20.8. The summed E-state index contributed by atoms with van der Waals surface area (Å²) in [6.07, 6.45) is 1.57. The highest BCUT2D eigenvalue weighted by Crippen LogP contribution is 2.53. The molecule has 0 aromatic heterocycles. The zero-order valence-corrected chi connectivity index (χ0v) is 18.7. The molecule has 0 bridgehead atoms. The summed E-state index contributed by atoms with van der Waals surface area (Å²) >= 11 is 0. The summed E-state index contributed by atoms with van der Waals surface area (Å²) in [7, 11) is 1.54. The van der Waals surface area contributed by atoms with Crippen LogP contribution in [0.25, 0.3) is 0 Å². The molecule has 174 valence electrons. The van der Waals surface area contributed by atoms with Gasteiger partial charge in [0.1, 0.15) is 23.6 Å². The number of aryl methyl sites for hydroxylation is 1. The number of nitrogens with zero attached hydrogens (tertiary/aromatic N) is 2. The van der Waals surface area contributed by atoms with E-state index in [4.69, 9.17) is 4.74 Å². The van der Waals surface area contributed by atoms with E-state index in [1.165, 1.54) is 19.2 Å². The van der Waals surface area contributed by atoms with Crippen molar-refractivity contribution < 1.29 is 28.9 Å². The molecule has 10 nitrogen and oxygen atoms in total. The van der Waals surface area contributed by atoms with Crippen molar-refractivity contribution in [2.45, 2.75) is 31.3 Å². The molecule has 0 radical (unpaired) electrons. The van der Waals surface area contributed by atoms with E-state index in [-0.39, 0.29) is 23.3 Å². The standard InChI is InChI=1S/C24H22N4O6/c1-12-5-6-13(10-18(12)28(32)33)27-21(29)19-17-4-3-9-26(17)24(20(19)22(27)30)15-11-14(34-2)7-8-16(15)25-23(24)31/h5-8,10-11,17,19-20H,3-4,9H2,1-2H3,(H,25,31)/p+1/t17-,19+,20+,24-/m1/s1. The van der Waals surface area contributed by atoms with Crippen molar-refractivity contribution in [1.82, 2.24) is 0 Å². The number of nitro benzene ring substituents is 1. The largest absolute Gasteiger partial charge is 0.497 e. The van der Waals surface area contributed by atoms with Crippen molar-refractivity contribution in [3.63, 3.8) is 0 Å². The van der Waals surface area contributed by atoms with Crippen LogP contribution in [0.5, 0.6) is 5.75 Å². The summed E-state index contributed by atoms with van der Waals surface area (Å²) in [4.78, 5) is 54.4. The molecule has 2 aromatic rings. The van der Waals surface area contributed by atoms with E-state index in [0.717, 1.165) is 22.6 Å². The maximum atomic E-state index is 14.0. The van der Waals surface area contributed by atoms with Crippen LogP contribution in [0.1, 0.15) is 24.0 Å². The Kier molecular flexibility index (Phi) is 4.20. The number of imide groups is 1. The van der Waals surface area contributed by atoms with Crippen molar-refractivity contribution in [3.05, 3.63) is 57.6 Å². The lowest BCUT2D eigenvalue weighted by Crippen LogP contribution is -3.19. The molecule has 4 heterocycles. The summed E-state index contributed by atoms with van der Waals surface area (Å²) in [5, 5.41) is 14.4. The fourth-order valence-corrected chi connectivity index (χ4v) is 6.75. The third-order valence-electron chi connectivity index (χ3n) is 8.07. The maximum Gasteiger partial charge on any atom is 0.291 e. The molecule has 10 heteroatoms. The minimum atomic E-state index is -1.24. The van der Waals surface area contributed by atoms with Gasteiger partial charge in [-0.1, -0.05) is 6.07 Å². The molecular weight excluding hydrogens is 440 g/mol. The summed E-state index contributed by atoms with van der Waals surface area (Å²) in [6, 6.07) is 9.47.